The molecule has 0 bridgehead atoms. The van der Waals surface area contributed by atoms with Gasteiger partial charge in [-0.15, -0.1) is 0 Å². The predicted octanol–water partition coefficient (Wildman–Crippen LogP) is 10.5. The first kappa shape index (κ1) is 38.5. The van der Waals surface area contributed by atoms with Crippen molar-refractivity contribution in [3.63, 3.8) is 0 Å². The van der Waals surface area contributed by atoms with Gasteiger partial charge in [-0.1, -0.05) is 76.6 Å². The molecule has 0 radical (unpaired) electrons. The fourth-order valence-corrected chi connectivity index (χ4v) is 4.93. The average Bonchev–Trinajstić information content (AvgIpc) is 3.07. The monoisotopic (exact) mass is 674 g/mol. The lowest BCUT2D eigenvalue weighted by Crippen LogP contribution is -2.34. The Kier molecular flexibility index (Phi) is 16.4. The zero-order chi connectivity index (χ0) is 34.8. The molecule has 262 valence electrons. The van der Waals surface area contributed by atoms with E-state index in [1.54, 1.807) is 24.3 Å². The molecular weight excluding hydrogens is 628 g/mol. The van der Waals surface area contributed by atoms with Crippen LogP contribution in [0, 0.1) is 5.82 Å². The number of ether oxygens (including phenoxy) is 4. The van der Waals surface area contributed by atoms with Crippen molar-refractivity contribution in [3.05, 3.63) is 83.7 Å². The van der Waals surface area contributed by atoms with Crippen molar-refractivity contribution in [1.29, 1.82) is 0 Å². The van der Waals surface area contributed by atoms with E-state index in [1.165, 1.54) is 32.1 Å². The van der Waals surface area contributed by atoms with E-state index in [0.29, 0.717) is 32.3 Å². The molecule has 0 saturated carbocycles. The van der Waals surface area contributed by atoms with Crippen molar-refractivity contribution in [2.75, 3.05) is 19.8 Å². The van der Waals surface area contributed by atoms with Crippen LogP contribution in [0.15, 0.2) is 66.7 Å². The lowest BCUT2D eigenvalue weighted by atomic mass is 10.0. The van der Waals surface area contributed by atoms with Gasteiger partial charge in [0.15, 0.2) is 17.7 Å². The number of halogens is 4. The number of benzene rings is 3. The summed E-state index contributed by atoms with van der Waals surface area (Å²) in [6, 6.07) is 16.9. The van der Waals surface area contributed by atoms with Gasteiger partial charge in [0, 0.05) is 13.2 Å². The van der Waals surface area contributed by atoms with Gasteiger partial charge >= 0.3 is 18.1 Å². The van der Waals surface area contributed by atoms with E-state index < -0.39 is 47.8 Å². The van der Waals surface area contributed by atoms with Gasteiger partial charge < -0.3 is 18.9 Å². The Hall–Kier alpha value is -3.92. The molecule has 1 atom stereocenters. The fourth-order valence-electron chi connectivity index (χ4n) is 4.93. The third kappa shape index (κ3) is 13.3. The number of carbonyl (C=O) groups is 2. The number of hydrogen-bond donors (Lipinski definition) is 0. The number of alkyl halides is 3. The summed E-state index contributed by atoms with van der Waals surface area (Å²) >= 11 is 0. The highest BCUT2D eigenvalue weighted by molar-refractivity contribution is 5.92. The van der Waals surface area contributed by atoms with E-state index in [4.69, 9.17) is 14.2 Å². The molecule has 1 unspecified atom stereocenters. The summed E-state index contributed by atoms with van der Waals surface area (Å²) in [5.41, 5.74) is 1.48. The first-order chi connectivity index (χ1) is 23.1. The van der Waals surface area contributed by atoms with Gasteiger partial charge in [-0.3, -0.25) is 0 Å². The topological polar surface area (TPSA) is 71.1 Å². The maximum Gasteiger partial charge on any atom is 0.425 e. The molecule has 0 fully saturated rings. The van der Waals surface area contributed by atoms with E-state index in [1.807, 2.05) is 31.2 Å². The standard InChI is InChI=1S/C38H46F4O6/c1-3-5-6-7-8-9-11-26-46-32-21-18-29(19-22-32)28-14-16-30(17-15-28)36(43)47-34-23-20-31(27-33(34)39)37(44)48-35(38(40,41)42)13-10-12-25-45-24-4-2/h14-23,27,35H,3-13,24-26H2,1-2H3. The normalized spacial score (nSPS) is 12.0. The second kappa shape index (κ2) is 20.4. The zero-order valence-electron chi connectivity index (χ0n) is 27.8. The summed E-state index contributed by atoms with van der Waals surface area (Å²) in [5.74, 6) is -2.97. The molecule has 0 aliphatic heterocycles. The third-order valence-electron chi connectivity index (χ3n) is 7.66. The van der Waals surface area contributed by atoms with Crippen molar-refractivity contribution < 1.29 is 46.1 Å². The van der Waals surface area contributed by atoms with Crippen LogP contribution in [0.3, 0.4) is 0 Å². The van der Waals surface area contributed by atoms with E-state index in [2.05, 4.69) is 11.7 Å². The van der Waals surface area contributed by atoms with Crippen LogP contribution in [0.4, 0.5) is 17.6 Å². The van der Waals surface area contributed by atoms with Gasteiger partial charge in [-0.05, 0) is 85.7 Å². The molecule has 0 spiro atoms. The minimum atomic E-state index is -4.78. The Bertz CT molecular complexity index is 1390. The van der Waals surface area contributed by atoms with E-state index >= 15 is 0 Å². The van der Waals surface area contributed by atoms with Crippen molar-refractivity contribution in [2.45, 2.75) is 96.8 Å². The van der Waals surface area contributed by atoms with Gasteiger partial charge in [0.25, 0.3) is 0 Å². The smallest absolute Gasteiger partial charge is 0.425 e. The lowest BCUT2D eigenvalue weighted by molar-refractivity contribution is -0.206. The molecule has 6 nitrogen and oxygen atoms in total. The Morgan fingerprint density at radius 2 is 1.27 bits per heavy atom. The second-order valence-corrected chi connectivity index (χ2v) is 11.6. The van der Waals surface area contributed by atoms with E-state index in [9.17, 15) is 27.2 Å². The van der Waals surface area contributed by atoms with Gasteiger partial charge in [0.1, 0.15) is 5.75 Å². The number of carbonyl (C=O) groups excluding carboxylic acids is 2. The Morgan fingerprint density at radius 1 is 0.667 bits per heavy atom. The summed E-state index contributed by atoms with van der Waals surface area (Å²) in [7, 11) is 0. The predicted molar refractivity (Wildman–Crippen MR) is 177 cm³/mol. The van der Waals surface area contributed by atoms with Crippen molar-refractivity contribution in [3.8, 4) is 22.6 Å². The summed E-state index contributed by atoms with van der Waals surface area (Å²) in [5, 5.41) is 0. The molecule has 0 saturated heterocycles. The molecule has 0 heterocycles. The van der Waals surface area contributed by atoms with Crippen LogP contribution in [0.1, 0.15) is 105 Å². The Morgan fingerprint density at radius 3 is 1.90 bits per heavy atom. The Labute approximate surface area is 280 Å². The maximum absolute atomic E-state index is 14.8. The lowest BCUT2D eigenvalue weighted by Gasteiger charge is -2.20. The van der Waals surface area contributed by atoms with Gasteiger partial charge in [0.05, 0.1) is 17.7 Å². The molecule has 0 aliphatic carbocycles. The molecule has 3 aromatic rings. The number of unbranched alkanes of at least 4 members (excludes halogenated alkanes) is 7. The maximum atomic E-state index is 14.8. The Balaban J connectivity index is 1.49. The molecule has 3 rings (SSSR count). The van der Waals surface area contributed by atoms with Gasteiger partial charge in [-0.2, -0.15) is 13.2 Å². The zero-order valence-corrected chi connectivity index (χ0v) is 27.8. The minimum Gasteiger partial charge on any atom is -0.494 e. The molecule has 0 aromatic heterocycles. The van der Waals surface area contributed by atoms with Crippen LogP contribution in [0.5, 0.6) is 11.5 Å². The summed E-state index contributed by atoms with van der Waals surface area (Å²) in [4.78, 5) is 25.1. The highest BCUT2D eigenvalue weighted by atomic mass is 19.4. The molecule has 0 amide bonds. The van der Waals surface area contributed by atoms with E-state index in [-0.39, 0.29) is 12.0 Å². The number of esters is 2. The molecule has 48 heavy (non-hydrogen) atoms. The quantitative estimate of drug-likeness (QED) is 0.0485. The van der Waals surface area contributed by atoms with Crippen LogP contribution in [-0.4, -0.2) is 44.0 Å². The second-order valence-electron chi connectivity index (χ2n) is 11.6. The molecule has 3 aromatic carbocycles. The number of hydrogen-bond acceptors (Lipinski definition) is 6. The van der Waals surface area contributed by atoms with E-state index in [0.717, 1.165) is 48.3 Å². The highest BCUT2D eigenvalue weighted by Crippen LogP contribution is 2.29. The molecule has 0 aliphatic rings. The summed E-state index contributed by atoms with van der Waals surface area (Å²) < 4.78 is 76.1. The minimum absolute atomic E-state index is 0.131. The van der Waals surface area contributed by atoms with Crippen molar-refractivity contribution in [1.82, 2.24) is 0 Å². The van der Waals surface area contributed by atoms with Crippen molar-refractivity contribution >= 4 is 11.9 Å². The largest absolute Gasteiger partial charge is 0.494 e. The first-order valence-corrected chi connectivity index (χ1v) is 16.8. The van der Waals surface area contributed by atoms with Crippen molar-refractivity contribution in [2.24, 2.45) is 0 Å². The fraction of sp³-hybridized carbons (Fsp3) is 0.474. The van der Waals surface area contributed by atoms with Gasteiger partial charge in [0.2, 0.25) is 0 Å². The van der Waals surface area contributed by atoms with Crippen LogP contribution >= 0.6 is 0 Å². The molecule has 0 N–H and O–H groups in total. The number of rotatable bonds is 21. The van der Waals surface area contributed by atoms with Crippen LogP contribution < -0.4 is 9.47 Å². The van der Waals surface area contributed by atoms with Crippen LogP contribution in [0.2, 0.25) is 0 Å². The van der Waals surface area contributed by atoms with Gasteiger partial charge in [-0.25, -0.2) is 14.0 Å². The third-order valence-corrected chi connectivity index (χ3v) is 7.66. The summed E-state index contributed by atoms with van der Waals surface area (Å²) in [6.45, 7) is 5.64. The highest BCUT2D eigenvalue weighted by Gasteiger charge is 2.42. The average molecular weight is 675 g/mol. The molecule has 10 heteroatoms. The summed E-state index contributed by atoms with van der Waals surface area (Å²) in [6.07, 6.45) is 2.26. The molecular formula is C38H46F4O6. The first-order valence-electron chi connectivity index (χ1n) is 16.8. The SMILES string of the molecule is CCCCCCCCCOc1ccc(-c2ccc(C(=O)Oc3ccc(C(=O)OC(CCCCOCCC)C(F)(F)F)cc3F)cc2)cc1. The van der Waals surface area contributed by atoms with Crippen LogP contribution in [0.25, 0.3) is 11.1 Å². The van der Waals surface area contributed by atoms with Crippen LogP contribution in [-0.2, 0) is 9.47 Å².